The smallest absolute Gasteiger partial charge is 0.0737 e. The Kier molecular flexibility index (Phi) is 5.82. The molecule has 5 heterocycles. The van der Waals surface area contributed by atoms with Gasteiger partial charge in [0.15, 0.2) is 0 Å². The first-order chi connectivity index (χ1) is 19.5. The highest BCUT2D eigenvalue weighted by molar-refractivity contribution is 5.94. The predicted molar refractivity (Wildman–Crippen MR) is 169 cm³/mol. The average Bonchev–Trinajstić information content (AvgIpc) is 3.76. The van der Waals surface area contributed by atoms with Crippen molar-refractivity contribution in [3.8, 4) is 22.3 Å². The van der Waals surface area contributed by atoms with Crippen LogP contribution < -0.4 is 0 Å². The number of hydrogen-bond acceptors (Lipinski definition) is 2. The van der Waals surface area contributed by atoms with Gasteiger partial charge < -0.3 is 9.97 Å². The van der Waals surface area contributed by atoms with E-state index < -0.39 is 0 Å². The first-order valence-corrected chi connectivity index (χ1v) is 13.8. The van der Waals surface area contributed by atoms with Gasteiger partial charge in [-0.2, -0.15) is 0 Å². The highest BCUT2D eigenvalue weighted by atomic mass is 14.8. The number of benzene rings is 2. The maximum absolute atomic E-state index is 5.03. The lowest BCUT2D eigenvalue weighted by atomic mass is 9.98. The van der Waals surface area contributed by atoms with Crippen molar-refractivity contribution >= 4 is 46.4 Å². The fraction of sp³-hybridized carbons (Fsp3) is 0.111. The molecular formula is C36H30N4. The van der Waals surface area contributed by atoms with E-state index in [1.165, 1.54) is 11.1 Å². The molecule has 0 atom stereocenters. The summed E-state index contributed by atoms with van der Waals surface area (Å²) in [7, 11) is 0. The third-order valence-corrected chi connectivity index (χ3v) is 7.60. The van der Waals surface area contributed by atoms with E-state index in [0.29, 0.717) is 5.92 Å². The zero-order valence-electron chi connectivity index (χ0n) is 22.9. The molecule has 4 nitrogen and oxygen atoms in total. The topological polar surface area (TPSA) is 57.4 Å². The van der Waals surface area contributed by atoms with Gasteiger partial charge in [-0.15, -0.1) is 0 Å². The van der Waals surface area contributed by atoms with Crippen LogP contribution in [0.5, 0.6) is 0 Å². The van der Waals surface area contributed by atoms with Gasteiger partial charge in [0.2, 0.25) is 0 Å². The van der Waals surface area contributed by atoms with Gasteiger partial charge >= 0.3 is 0 Å². The number of aromatic nitrogens is 4. The minimum atomic E-state index is 0.488. The van der Waals surface area contributed by atoms with Crippen molar-refractivity contribution in [2.24, 2.45) is 0 Å². The SMILES string of the molecule is Cc1ccc(-c2c3nc(cc4ccc([nH]4)c(-c4ccc(C(C)C)cc4)c4ccc(cc5nc2C=C5)[nH]4)C=C3)cc1. The van der Waals surface area contributed by atoms with Gasteiger partial charge in [0.25, 0.3) is 0 Å². The molecule has 0 radical (unpaired) electrons. The molecule has 0 aliphatic carbocycles. The average molecular weight is 519 g/mol. The van der Waals surface area contributed by atoms with E-state index in [1.54, 1.807) is 0 Å². The second-order valence-electron chi connectivity index (χ2n) is 10.8. The van der Waals surface area contributed by atoms with Gasteiger partial charge in [-0.05, 0) is 90.2 Å². The molecule has 2 aromatic carbocycles. The zero-order valence-corrected chi connectivity index (χ0v) is 22.9. The Bertz CT molecular complexity index is 1870. The van der Waals surface area contributed by atoms with Crippen LogP contribution in [-0.4, -0.2) is 19.9 Å². The van der Waals surface area contributed by atoms with Crippen LogP contribution in [0.25, 0.3) is 68.6 Å². The van der Waals surface area contributed by atoms with Gasteiger partial charge in [-0.25, -0.2) is 9.97 Å². The first-order valence-electron chi connectivity index (χ1n) is 13.8. The van der Waals surface area contributed by atoms with Crippen LogP contribution in [0.4, 0.5) is 0 Å². The van der Waals surface area contributed by atoms with Crippen LogP contribution in [0.2, 0.25) is 0 Å². The van der Waals surface area contributed by atoms with E-state index in [0.717, 1.165) is 67.1 Å². The van der Waals surface area contributed by atoms with Crippen LogP contribution in [0.15, 0.2) is 84.9 Å². The fourth-order valence-corrected chi connectivity index (χ4v) is 5.44. The summed E-state index contributed by atoms with van der Waals surface area (Å²) in [6.45, 7) is 6.55. The zero-order chi connectivity index (χ0) is 27.2. The Hall–Kier alpha value is -4.96. The highest BCUT2D eigenvalue weighted by Crippen LogP contribution is 2.33. The summed E-state index contributed by atoms with van der Waals surface area (Å²) in [6, 6.07) is 30.2. The number of nitrogens with one attached hydrogen (secondary N) is 2. The van der Waals surface area contributed by atoms with E-state index >= 15 is 0 Å². The molecule has 194 valence electrons. The number of hydrogen-bond donors (Lipinski definition) is 2. The molecule has 4 heteroatoms. The molecule has 0 amide bonds. The van der Waals surface area contributed by atoms with Crippen molar-refractivity contribution in [1.29, 1.82) is 0 Å². The third kappa shape index (κ3) is 4.48. The summed E-state index contributed by atoms with van der Waals surface area (Å²) in [5.74, 6) is 0.488. The Balaban J connectivity index is 1.52. The Morgan fingerprint density at radius 2 is 1.05 bits per heavy atom. The third-order valence-electron chi connectivity index (χ3n) is 7.60. The number of fused-ring (bicyclic) bond motifs is 8. The molecule has 8 bridgehead atoms. The van der Waals surface area contributed by atoms with Gasteiger partial charge in [0.1, 0.15) is 0 Å². The van der Waals surface area contributed by atoms with Crippen LogP contribution in [-0.2, 0) is 0 Å². The minimum absolute atomic E-state index is 0.488. The van der Waals surface area contributed by atoms with Gasteiger partial charge in [-0.3, -0.25) is 0 Å². The van der Waals surface area contributed by atoms with E-state index in [4.69, 9.17) is 9.97 Å². The molecule has 40 heavy (non-hydrogen) atoms. The maximum atomic E-state index is 5.03. The molecule has 2 aliphatic heterocycles. The first kappa shape index (κ1) is 24.1. The molecule has 0 saturated heterocycles. The quantitative estimate of drug-likeness (QED) is 0.245. The summed E-state index contributed by atoms with van der Waals surface area (Å²) in [5.41, 5.74) is 14.7. The van der Waals surface area contributed by atoms with Gasteiger partial charge in [0.05, 0.1) is 22.8 Å². The number of aromatic amines is 2. The number of H-pyrrole nitrogens is 2. The largest absolute Gasteiger partial charge is 0.355 e. The molecule has 0 unspecified atom stereocenters. The highest BCUT2D eigenvalue weighted by Gasteiger charge is 2.14. The standard InChI is InChI=1S/C36H30N4/c1-22(2)24-8-10-26(11-9-24)36-33-18-14-29(39-33)20-27-12-16-31(37-27)35(25-6-4-23(3)5-7-25)32-17-13-28(38-32)21-30-15-19-34(36)40-30/h4-22,39-40H,1-3H3. The molecular weight excluding hydrogens is 488 g/mol. The van der Waals surface area contributed by atoms with Crippen LogP contribution in [0.1, 0.15) is 53.7 Å². The van der Waals surface area contributed by atoms with Crippen molar-refractivity contribution in [3.63, 3.8) is 0 Å². The summed E-state index contributed by atoms with van der Waals surface area (Å²) >= 11 is 0. The Morgan fingerprint density at radius 3 is 1.57 bits per heavy atom. The lowest BCUT2D eigenvalue weighted by Crippen LogP contribution is -1.89. The van der Waals surface area contributed by atoms with Crippen molar-refractivity contribution in [3.05, 3.63) is 119 Å². The van der Waals surface area contributed by atoms with Crippen molar-refractivity contribution in [1.82, 2.24) is 19.9 Å². The Morgan fingerprint density at radius 1 is 0.550 bits per heavy atom. The van der Waals surface area contributed by atoms with Crippen molar-refractivity contribution < 1.29 is 0 Å². The molecule has 0 spiro atoms. The van der Waals surface area contributed by atoms with E-state index in [9.17, 15) is 0 Å². The molecule has 0 saturated carbocycles. The lowest BCUT2D eigenvalue weighted by molar-refractivity contribution is 0.867. The van der Waals surface area contributed by atoms with E-state index in [1.807, 2.05) is 0 Å². The Labute approximate surface area is 233 Å². The summed E-state index contributed by atoms with van der Waals surface area (Å²) in [5, 5.41) is 0. The number of nitrogens with zero attached hydrogens (tertiary/aromatic N) is 2. The van der Waals surface area contributed by atoms with Crippen LogP contribution in [0, 0.1) is 6.92 Å². The van der Waals surface area contributed by atoms with Crippen molar-refractivity contribution in [2.75, 3.05) is 0 Å². The van der Waals surface area contributed by atoms with E-state index in [-0.39, 0.29) is 0 Å². The van der Waals surface area contributed by atoms with Crippen LogP contribution in [0.3, 0.4) is 0 Å². The summed E-state index contributed by atoms with van der Waals surface area (Å²) < 4.78 is 0. The fourth-order valence-electron chi connectivity index (χ4n) is 5.44. The maximum Gasteiger partial charge on any atom is 0.0737 e. The number of aryl methyl sites for hydroxylation is 1. The summed E-state index contributed by atoms with van der Waals surface area (Å²) in [6.07, 6.45) is 8.33. The monoisotopic (exact) mass is 518 g/mol. The number of rotatable bonds is 3. The van der Waals surface area contributed by atoms with Crippen molar-refractivity contribution in [2.45, 2.75) is 26.7 Å². The van der Waals surface area contributed by atoms with Gasteiger partial charge in [0, 0.05) is 33.2 Å². The minimum Gasteiger partial charge on any atom is -0.355 e. The summed E-state index contributed by atoms with van der Waals surface area (Å²) in [4.78, 5) is 17.3. The molecule has 2 N–H and O–H groups in total. The molecule has 0 fully saturated rings. The molecule has 3 aromatic heterocycles. The molecule has 5 aromatic rings. The van der Waals surface area contributed by atoms with Gasteiger partial charge in [-0.1, -0.05) is 67.9 Å². The molecule has 7 rings (SSSR count). The molecule has 2 aliphatic rings. The second kappa shape index (κ2) is 9.65. The lowest BCUT2D eigenvalue weighted by Gasteiger charge is -2.07. The van der Waals surface area contributed by atoms with E-state index in [2.05, 4.69) is 140 Å². The second-order valence-corrected chi connectivity index (χ2v) is 10.8. The van der Waals surface area contributed by atoms with Crippen LogP contribution >= 0.6 is 0 Å². The predicted octanol–water partition coefficient (Wildman–Crippen LogP) is 9.42. The normalized spacial score (nSPS) is 12.4.